The van der Waals surface area contributed by atoms with Crippen molar-refractivity contribution in [1.29, 1.82) is 0 Å². The van der Waals surface area contributed by atoms with Crippen LogP contribution in [0.2, 0.25) is 0 Å². The molecule has 0 spiro atoms. The van der Waals surface area contributed by atoms with E-state index in [0.29, 0.717) is 11.6 Å². The molecule has 2 aromatic rings. The molecule has 0 radical (unpaired) electrons. The monoisotopic (exact) mass is 299 g/mol. The zero-order valence-electron chi connectivity index (χ0n) is 12.6. The lowest BCUT2D eigenvalue weighted by Crippen LogP contribution is -2.48. The fraction of sp³-hybridized carbons (Fsp3) is 0.412. The van der Waals surface area contributed by atoms with E-state index in [-0.39, 0.29) is 18.1 Å². The lowest BCUT2D eigenvalue weighted by atomic mass is 9.75. The highest BCUT2D eigenvalue weighted by molar-refractivity contribution is 5.92. The summed E-state index contributed by atoms with van der Waals surface area (Å²) in [5, 5.41) is 16.8. The molecule has 0 saturated heterocycles. The molecule has 1 fully saturated rings. The Bertz CT molecular complexity index is 632. The Balaban J connectivity index is 1.69. The number of nitrogens with zero attached hydrogens (tertiary/aromatic N) is 2. The summed E-state index contributed by atoms with van der Waals surface area (Å²) in [7, 11) is 1.79. The molecule has 1 heterocycles. The van der Waals surface area contributed by atoms with Crippen molar-refractivity contribution in [2.45, 2.75) is 31.4 Å². The first-order valence-electron chi connectivity index (χ1n) is 7.64. The van der Waals surface area contributed by atoms with Crippen molar-refractivity contribution in [3.63, 3.8) is 0 Å². The fourth-order valence-corrected chi connectivity index (χ4v) is 2.94. The number of benzene rings is 1. The second-order valence-corrected chi connectivity index (χ2v) is 6.03. The van der Waals surface area contributed by atoms with Gasteiger partial charge in [0, 0.05) is 19.3 Å². The second kappa shape index (κ2) is 6.32. The maximum absolute atomic E-state index is 12.3. The van der Waals surface area contributed by atoms with Crippen LogP contribution in [0.25, 0.3) is 0 Å². The molecule has 1 aliphatic rings. The van der Waals surface area contributed by atoms with Crippen LogP contribution in [0.5, 0.6) is 0 Å². The summed E-state index contributed by atoms with van der Waals surface area (Å²) in [6.07, 6.45) is 3.81. The average Bonchev–Trinajstić information content (AvgIpc) is 2.91. The van der Waals surface area contributed by atoms with E-state index in [0.717, 1.165) is 19.3 Å². The number of hydrogen-bond acceptors (Lipinski definition) is 3. The third-order valence-electron chi connectivity index (χ3n) is 4.28. The number of carbonyl (C=O) groups excluding carboxylic acids is 1. The largest absolute Gasteiger partial charge is 0.393 e. The third kappa shape index (κ3) is 3.36. The van der Waals surface area contributed by atoms with Crippen LogP contribution in [-0.2, 0) is 13.5 Å². The second-order valence-electron chi connectivity index (χ2n) is 6.03. The molecule has 1 amide bonds. The standard InChI is InChI=1S/C17H21N3O2/c1-20-8-7-15(19-20)17(22)18-16(13-10-14(21)11-13)9-12-5-3-2-4-6-12/h2-8,13-14,16,21H,9-11H2,1H3,(H,18,22). The van der Waals surface area contributed by atoms with Crippen LogP contribution >= 0.6 is 0 Å². The molecule has 5 heteroatoms. The molecule has 2 N–H and O–H groups in total. The van der Waals surface area contributed by atoms with E-state index in [1.807, 2.05) is 18.2 Å². The summed E-state index contributed by atoms with van der Waals surface area (Å²) < 4.78 is 1.62. The van der Waals surface area contributed by atoms with Crippen LogP contribution in [0, 0.1) is 5.92 Å². The van der Waals surface area contributed by atoms with Gasteiger partial charge in [0.2, 0.25) is 0 Å². The van der Waals surface area contributed by atoms with E-state index < -0.39 is 0 Å². The van der Waals surface area contributed by atoms with Gasteiger partial charge in [-0.25, -0.2) is 0 Å². The zero-order valence-corrected chi connectivity index (χ0v) is 12.6. The Kier molecular flexibility index (Phi) is 4.24. The van der Waals surface area contributed by atoms with Crippen molar-refractivity contribution in [1.82, 2.24) is 15.1 Å². The first-order chi connectivity index (χ1) is 10.6. The van der Waals surface area contributed by atoms with Crippen molar-refractivity contribution in [2.24, 2.45) is 13.0 Å². The molecular weight excluding hydrogens is 278 g/mol. The van der Waals surface area contributed by atoms with Gasteiger partial charge in [0.1, 0.15) is 5.69 Å². The first-order valence-corrected chi connectivity index (χ1v) is 7.64. The Morgan fingerprint density at radius 1 is 1.36 bits per heavy atom. The number of rotatable bonds is 5. The summed E-state index contributed by atoms with van der Waals surface area (Å²) in [6, 6.07) is 11.9. The molecular formula is C17H21N3O2. The van der Waals surface area contributed by atoms with Crippen LogP contribution in [0.4, 0.5) is 0 Å². The van der Waals surface area contributed by atoms with Crippen molar-refractivity contribution >= 4 is 5.91 Å². The Morgan fingerprint density at radius 3 is 2.68 bits per heavy atom. The lowest BCUT2D eigenvalue weighted by Gasteiger charge is -2.38. The van der Waals surface area contributed by atoms with Crippen LogP contribution in [0.1, 0.15) is 28.9 Å². The molecule has 116 valence electrons. The van der Waals surface area contributed by atoms with Gasteiger partial charge in [-0.05, 0) is 36.8 Å². The number of aromatic nitrogens is 2. The average molecular weight is 299 g/mol. The normalized spacial score (nSPS) is 21.9. The molecule has 1 aromatic heterocycles. The number of aryl methyl sites for hydroxylation is 1. The molecule has 1 atom stereocenters. The van der Waals surface area contributed by atoms with Gasteiger partial charge in [0.05, 0.1) is 6.10 Å². The van der Waals surface area contributed by atoms with Gasteiger partial charge in [-0.1, -0.05) is 30.3 Å². The Hall–Kier alpha value is -2.14. The van der Waals surface area contributed by atoms with Crippen molar-refractivity contribution in [3.8, 4) is 0 Å². The molecule has 1 aliphatic carbocycles. The molecule has 1 unspecified atom stereocenters. The summed E-state index contributed by atoms with van der Waals surface area (Å²) in [6.45, 7) is 0. The van der Waals surface area contributed by atoms with Gasteiger partial charge >= 0.3 is 0 Å². The van der Waals surface area contributed by atoms with Crippen LogP contribution in [0.15, 0.2) is 42.6 Å². The minimum absolute atomic E-state index is 0.0281. The highest BCUT2D eigenvalue weighted by atomic mass is 16.3. The highest BCUT2D eigenvalue weighted by Gasteiger charge is 2.35. The number of nitrogens with one attached hydrogen (secondary N) is 1. The van der Waals surface area contributed by atoms with Gasteiger partial charge in [-0.15, -0.1) is 0 Å². The van der Waals surface area contributed by atoms with Gasteiger partial charge < -0.3 is 10.4 Å². The summed E-state index contributed by atoms with van der Waals surface area (Å²) in [5.41, 5.74) is 1.62. The summed E-state index contributed by atoms with van der Waals surface area (Å²) in [5.74, 6) is 0.172. The maximum Gasteiger partial charge on any atom is 0.272 e. The Labute approximate surface area is 130 Å². The molecule has 3 rings (SSSR count). The number of amides is 1. The number of aliphatic hydroxyl groups is 1. The molecule has 1 aromatic carbocycles. The lowest BCUT2D eigenvalue weighted by molar-refractivity contribution is 0.0238. The van der Waals surface area contributed by atoms with Crippen molar-refractivity contribution in [3.05, 3.63) is 53.9 Å². The maximum atomic E-state index is 12.3. The molecule has 5 nitrogen and oxygen atoms in total. The number of aliphatic hydroxyl groups excluding tert-OH is 1. The fourth-order valence-electron chi connectivity index (χ4n) is 2.94. The topological polar surface area (TPSA) is 67.2 Å². The van der Waals surface area contributed by atoms with E-state index in [2.05, 4.69) is 22.5 Å². The number of carbonyl (C=O) groups is 1. The van der Waals surface area contributed by atoms with Crippen molar-refractivity contribution < 1.29 is 9.90 Å². The van der Waals surface area contributed by atoms with Crippen molar-refractivity contribution in [2.75, 3.05) is 0 Å². The SMILES string of the molecule is Cn1ccc(C(=O)NC(Cc2ccccc2)C2CC(O)C2)n1. The quantitative estimate of drug-likeness (QED) is 0.880. The van der Waals surface area contributed by atoms with E-state index >= 15 is 0 Å². The zero-order chi connectivity index (χ0) is 15.5. The first kappa shape index (κ1) is 14.8. The third-order valence-corrected chi connectivity index (χ3v) is 4.28. The highest BCUT2D eigenvalue weighted by Crippen LogP contribution is 2.31. The minimum Gasteiger partial charge on any atom is -0.393 e. The molecule has 0 aliphatic heterocycles. The van der Waals surface area contributed by atoms with E-state index in [9.17, 15) is 9.90 Å². The van der Waals surface area contributed by atoms with Gasteiger partial charge in [0.15, 0.2) is 0 Å². The van der Waals surface area contributed by atoms with Gasteiger partial charge in [-0.3, -0.25) is 9.48 Å². The molecule has 1 saturated carbocycles. The minimum atomic E-state index is -0.227. The van der Waals surface area contributed by atoms with E-state index in [1.54, 1.807) is 24.0 Å². The van der Waals surface area contributed by atoms with Crippen LogP contribution in [0.3, 0.4) is 0 Å². The number of hydrogen-bond donors (Lipinski definition) is 2. The predicted octanol–water partition coefficient (Wildman–Crippen LogP) is 1.53. The van der Waals surface area contributed by atoms with Crippen LogP contribution < -0.4 is 5.32 Å². The molecule has 22 heavy (non-hydrogen) atoms. The molecule has 0 bridgehead atoms. The smallest absolute Gasteiger partial charge is 0.272 e. The summed E-state index contributed by atoms with van der Waals surface area (Å²) in [4.78, 5) is 12.3. The van der Waals surface area contributed by atoms with E-state index in [4.69, 9.17) is 0 Å². The van der Waals surface area contributed by atoms with Gasteiger partial charge in [-0.2, -0.15) is 5.10 Å². The Morgan fingerprint density at radius 2 is 2.09 bits per heavy atom. The van der Waals surface area contributed by atoms with E-state index in [1.165, 1.54) is 5.56 Å². The predicted molar refractivity (Wildman–Crippen MR) is 83.3 cm³/mol. The summed E-state index contributed by atoms with van der Waals surface area (Å²) >= 11 is 0. The van der Waals surface area contributed by atoms with Gasteiger partial charge in [0.25, 0.3) is 5.91 Å². The van der Waals surface area contributed by atoms with Crippen LogP contribution in [-0.4, -0.2) is 32.9 Å².